The number of carboxylic acids is 1. The van der Waals surface area contributed by atoms with Crippen LogP contribution in [0.1, 0.15) is 31.5 Å². The number of nitrogens with zero attached hydrogens (tertiary/aromatic N) is 1. The smallest absolute Gasteiger partial charge is 0.416 e. The van der Waals surface area contributed by atoms with Gasteiger partial charge in [0.15, 0.2) is 0 Å². The van der Waals surface area contributed by atoms with Crippen LogP contribution in [-0.4, -0.2) is 28.0 Å². The van der Waals surface area contributed by atoms with Gasteiger partial charge in [0.2, 0.25) is 5.91 Å². The molecule has 0 saturated heterocycles. The van der Waals surface area contributed by atoms with Crippen LogP contribution in [0.2, 0.25) is 0 Å². The number of nitrogens with one attached hydrogen (secondary N) is 1. The summed E-state index contributed by atoms with van der Waals surface area (Å²) in [7, 11) is 0. The molecule has 1 heterocycles. The minimum Gasteiger partial charge on any atom is -0.480 e. The number of carbonyl (C=O) groups is 2. The highest BCUT2D eigenvalue weighted by Crippen LogP contribution is 2.33. The standard InChI is InChI=1S/C18H19F3N2O3S/c1-10(2)6-14(17(25)26)23-15(24)8-13-9-27-16(22-13)11-4-3-5-12(7-11)18(19,20)21/h3-5,7,9-10,14H,6,8H2,1-2H3,(H,23,24)(H,25,26)/t14-/m0/s1. The Morgan fingerprint density at radius 1 is 1.30 bits per heavy atom. The van der Waals surface area contributed by atoms with Crippen molar-refractivity contribution >= 4 is 23.2 Å². The zero-order valence-electron chi connectivity index (χ0n) is 14.7. The lowest BCUT2D eigenvalue weighted by Gasteiger charge is -2.16. The Bertz CT molecular complexity index is 818. The van der Waals surface area contributed by atoms with Gasteiger partial charge < -0.3 is 10.4 Å². The average molecular weight is 400 g/mol. The Hall–Kier alpha value is -2.42. The zero-order chi connectivity index (χ0) is 20.2. The molecule has 1 amide bonds. The quantitative estimate of drug-likeness (QED) is 0.737. The Labute approximate surface area is 158 Å². The number of benzene rings is 1. The second-order valence-corrected chi connectivity index (χ2v) is 7.35. The molecule has 5 nitrogen and oxygen atoms in total. The highest BCUT2D eigenvalue weighted by Gasteiger charge is 2.30. The van der Waals surface area contributed by atoms with Crippen LogP contribution < -0.4 is 5.32 Å². The lowest BCUT2D eigenvalue weighted by molar-refractivity contribution is -0.142. The van der Waals surface area contributed by atoms with E-state index in [1.54, 1.807) is 5.38 Å². The molecule has 9 heteroatoms. The van der Waals surface area contributed by atoms with Crippen LogP contribution in [0.25, 0.3) is 10.6 Å². The van der Waals surface area contributed by atoms with Crippen LogP contribution in [0.15, 0.2) is 29.6 Å². The molecule has 0 radical (unpaired) electrons. The molecule has 0 aliphatic heterocycles. The van der Waals surface area contributed by atoms with Crippen LogP contribution in [0.5, 0.6) is 0 Å². The van der Waals surface area contributed by atoms with Gasteiger partial charge in [0.25, 0.3) is 0 Å². The number of rotatable bonds is 7. The Morgan fingerprint density at radius 2 is 2.00 bits per heavy atom. The van der Waals surface area contributed by atoms with Gasteiger partial charge in [-0.3, -0.25) is 4.79 Å². The monoisotopic (exact) mass is 400 g/mol. The van der Waals surface area contributed by atoms with E-state index in [1.807, 2.05) is 13.8 Å². The van der Waals surface area contributed by atoms with Crippen molar-refractivity contribution < 1.29 is 27.9 Å². The van der Waals surface area contributed by atoms with Crippen molar-refractivity contribution in [1.82, 2.24) is 10.3 Å². The number of aliphatic carboxylic acids is 1. The zero-order valence-corrected chi connectivity index (χ0v) is 15.5. The molecule has 1 atom stereocenters. The molecule has 0 aliphatic carbocycles. The molecular weight excluding hydrogens is 381 g/mol. The van der Waals surface area contributed by atoms with Crippen LogP contribution >= 0.6 is 11.3 Å². The number of amides is 1. The number of halogens is 3. The Balaban J connectivity index is 2.08. The largest absolute Gasteiger partial charge is 0.480 e. The summed E-state index contributed by atoms with van der Waals surface area (Å²) >= 11 is 1.13. The van der Waals surface area contributed by atoms with E-state index < -0.39 is 29.7 Å². The molecule has 0 unspecified atom stereocenters. The van der Waals surface area contributed by atoms with E-state index >= 15 is 0 Å². The lowest BCUT2D eigenvalue weighted by atomic mass is 10.0. The van der Waals surface area contributed by atoms with Crippen molar-refractivity contribution in [3.63, 3.8) is 0 Å². The molecule has 0 aliphatic rings. The van der Waals surface area contributed by atoms with Gasteiger partial charge in [-0.25, -0.2) is 9.78 Å². The highest BCUT2D eigenvalue weighted by atomic mass is 32.1. The second kappa shape index (κ2) is 8.51. The van der Waals surface area contributed by atoms with Crippen molar-refractivity contribution in [1.29, 1.82) is 0 Å². The van der Waals surface area contributed by atoms with Crippen LogP contribution in [0, 0.1) is 5.92 Å². The summed E-state index contributed by atoms with van der Waals surface area (Å²) in [5, 5.41) is 13.6. The van der Waals surface area contributed by atoms with Crippen molar-refractivity contribution in [3.05, 3.63) is 40.9 Å². The van der Waals surface area contributed by atoms with Crippen molar-refractivity contribution in [2.45, 2.75) is 38.9 Å². The molecule has 2 N–H and O–H groups in total. The van der Waals surface area contributed by atoms with E-state index in [4.69, 9.17) is 5.11 Å². The van der Waals surface area contributed by atoms with Gasteiger partial charge in [-0.2, -0.15) is 13.2 Å². The number of carboxylic acid groups (broad SMARTS) is 1. The molecular formula is C18H19F3N2O3S. The third kappa shape index (κ3) is 6.06. The van der Waals surface area contributed by atoms with Gasteiger partial charge >= 0.3 is 12.1 Å². The van der Waals surface area contributed by atoms with Gasteiger partial charge in [0.1, 0.15) is 11.0 Å². The molecule has 0 saturated carbocycles. The van der Waals surface area contributed by atoms with E-state index in [2.05, 4.69) is 10.3 Å². The first-order valence-corrected chi connectivity index (χ1v) is 9.08. The highest BCUT2D eigenvalue weighted by molar-refractivity contribution is 7.13. The Morgan fingerprint density at radius 3 is 2.59 bits per heavy atom. The first kappa shape index (κ1) is 20.9. The van der Waals surface area contributed by atoms with Crippen molar-refractivity contribution in [3.8, 4) is 10.6 Å². The fourth-order valence-corrected chi connectivity index (χ4v) is 3.27. The maximum atomic E-state index is 12.8. The van der Waals surface area contributed by atoms with Crippen LogP contribution in [0.4, 0.5) is 13.2 Å². The lowest BCUT2D eigenvalue weighted by Crippen LogP contribution is -2.42. The van der Waals surface area contributed by atoms with Crippen LogP contribution in [0.3, 0.4) is 0 Å². The molecule has 1 aromatic carbocycles. The Kier molecular flexibility index (Phi) is 6.59. The first-order chi connectivity index (χ1) is 12.6. The molecule has 2 rings (SSSR count). The molecule has 0 fully saturated rings. The number of hydrogen-bond donors (Lipinski definition) is 2. The number of aromatic nitrogens is 1. The van der Waals surface area contributed by atoms with Crippen molar-refractivity contribution in [2.75, 3.05) is 0 Å². The summed E-state index contributed by atoms with van der Waals surface area (Å²) in [6, 6.07) is 3.81. The number of alkyl halides is 3. The van der Waals surface area contributed by atoms with Gasteiger partial charge in [0, 0.05) is 10.9 Å². The van der Waals surface area contributed by atoms with E-state index in [-0.39, 0.29) is 12.3 Å². The van der Waals surface area contributed by atoms with Gasteiger partial charge in [0.05, 0.1) is 17.7 Å². The third-order valence-corrected chi connectivity index (χ3v) is 4.61. The van der Waals surface area contributed by atoms with Gasteiger partial charge in [-0.1, -0.05) is 26.0 Å². The van der Waals surface area contributed by atoms with E-state index in [1.165, 1.54) is 12.1 Å². The molecule has 2 aromatic rings. The minimum atomic E-state index is -4.45. The molecule has 0 bridgehead atoms. The van der Waals surface area contributed by atoms with Crippen molar-refractivity contribution in [2.24, 2.45) is 5.92 Å². The van der Waals surface area contributed by atoms with Gasteiger partial charge in [-0.15, -0.1) is 11.3 Å². The molecule has 0 spiro atoms. The summed E-state index contributed by atoms with van der Waals surface area (Å²) in [6.07, 6.45) is -4.29. The fourth-order valence-electron chi connectivity index (χ4n) is 2.45. The van der Waals surface area contributed by atoms with Gasteiger partial charge in [-0.05, 0) is 24.5 Å². The van der Waals surface area contributed by atoms with E-state index in [0.717, 1.165) is 23.5 Å². The molecule has 1 aromatic heterocycles. The number of thiazole rings is 1. The van der Waals surface area contributed by atoms with E-state index in [0.29, 0.717) is 22.7 Å². The SMILES string of the molecule is CC(C)C[C@H](NC(=O)Cc1csc(-c2cccc(C(F)(F)F)c2)n1)C(=O)O. The summed E-state index contributed by atoms with van der Waals surface area (Å²) in [4.78, 5) is 27.5. The molecule has 146 valence electrons. The third-order valence-electron chi connectivity index (χ3n) is 3.67. The average Bonchev–Trinajstić information content (AvgIpc) is 3.01. The number of carbonyl (C=O) groups excluding carboxylic acids is 1. The summed E-state index contributed by atoms with van der Waals surface area (Å²) in [5.74, 6) is -1.51. The topological polar surface area (TPSA) is 79.3 Å². The fraction of sp³-hybridized carbons (Fsp3) is 0.389. The predicted molar refractivity (Wildman–Crippen MR) is 95.3 cm³/mol. The normalized spacial score (nSPS) is 12.8. The summed E-state index contributed by atoms with van der Waals surface area (Å²) < 4.78 is 38.5. The molecule has 27 heavy (non-hydrogen) atoms. The first-order valence-electron chi connectivity index (χ1n) is 8.20. The maximum Gasteiger partial charge on any atom is 0.416 e. The second-order valence-electron chi connectivity index (χ2n) is 6.49. The van der Waals surface area contributed by atoms with Crippen LogP contribution in [-0.2, 0) is 22.2 Å². The minimum absolute atomic E-state index is 0.0955. The predicted octanol–water partition coefficient (Wildman–Crippen LogP) is 3.99. The summed E-state index contributed by atoms with van der Waals surface area (Å²) in [6.45, 7) is 3.70. The number of hydrogen-bond acceptors (Lipinski definition) is 4. The van der Waals surface area contributed by atoms with E-state index in [9.17, 15) is 22.8 Å². The maximum absolute atomic E-state index is 12.8. The summed E-state index contributed by atoms with van der Waals surface area (Å²) in [5.41, 5.74) is -0.0872.